The van der Waals surface area contributed by atoms with Crippen LogP contribution in [0.4, 0.5) is 4.79 Å². The predicted octanol–water partition coefficient (Wildman–Crippen LogP) is 0.251. The molecule has 21 heavy (non-hydrogen) atoms. The number of carbonyl (C=O) groups excluding carboxylic acids is 1. The van der Waals surface area contributed by atoms with Crippen LogP contribution in [0.2, 0.25) is 0 Å². The molecule has 8 nitrogen and oxygen atoms in total. The van der Waals surface area contributed by atoms with Gasteiger partial charge >= 0.3 is 18.0 Å². The smallest absolute Gasteiger partial charge is 0.326 e. The molecule has 1 rings (SSSR count). The summed E-state index contributed by atoms with van der Waals surface area (Å²) in [5, 5.41) is 29.0. The zero-order chi connectivity index (χ0) is 15.8. The molecule has 120 valence electrons. The Kier molecular flexibility index (Phi) is 6.93. The average molecular weight is 302 g/mol. The summed E-state index contributed by atoms with van der Waals surface area (Å²) in [6, 6.07) is -1.80. The standard InChI is InChI=1S/C13H22N2O6/c16-8-7-15(9-3-1-2-4-9)13(21)14-10(12(19)20)5-6-11(17)18/h9-10,16H,1-8H2,(H,14,21)(H,17,18)(H,19,20)/t10-/m0/s1. The lowest BCUT2D eigenvalue weighted by molar-refractivity contribution is -0.140. The molecule has 1 saturated carbocycles. The van der Waals surface area contributed by atoms with Crippen molar-refractivity contribution in [3.8, 4) is 0 Å². The van der Waals surface area contributed by atoms with Crippen molar-refractivity contribution in [3.63, 3.8) is 0 Å². The third kappa shape index (κ3) is 5.58. The van der Waals surface area contributed by atoms with Crippen molar-refractivity contribution >= 4 is 18.0 Å². The van der Waals surface area contributed by atoms with E-state index in [-0.39, 0.29) is 32.0 Å². The minimum Gasteiger partial charge on any atom is -0.481 e. The molecule has 8 heteroatoms. The normalized spacial score (nSPS) is 16.4. The molecule has 4 N–H and O–H groups in total. The lowest BCUT2D eigenvalue weighted by atomic mass is 10.1. The SMILES string of the molecule is O=C(O)CC[C@H](NC(=O)N(CCO)C1CCCC1)C(=O)O. The van der Waals surface area contributed by atoms with E-state index in [1.54, 1.807) is 0 Å². The highest BCUT2D eigenvalue weighted by Crippen LogP contribution is 2.23. The fraction of sp³-hybridized carbons (Fsp3) is 0.769. The van der Waals surface area contributed by atoms with E-state index in [1.165, 1.54) is 4.90 Å². The number of urea groups is 1. The quantitative estimate of drug-likeness (QED) is 0.509. The molecule has 1 fully saturated rings. The number of nitrogens with zero attached hydrogens (tertiary/aromatic N) is 1. The summed E-state index contributed by atoms with van der Waals surface area (Å²) in [7, 11) is 0. The Bertz CT molecular complexity index is 381. The van der Waals surface area contributed by atoms with Gasteiger partial charge in [-0.25, -0.2) is 9.59 Å². The van der Waals surface area contributed by atoms with E-state index in [4.69, 9.17) is 15.3 Å². The monoisotopic (exact) mass is 302 g/mol. The van der Waals surface area contributed by atoms with Gasteiger partial charge in [0.1, 0.15) is 6.04 Å². The van der Waals surface area contributed by atoms with Crippen molar-refractivity contribution < 1.29 is 29.7 Å². The van der Waals surface area contributed by atoms with E-state index in [9.17, 15) is 14.4 Å². The van der Waals surface area contributed by atoms with Crippen LogP contribution in [-0.4, -0.2) is 63.4 Å². The Morgan fingerprint density at radius 3 is 2.29 bits per heavy atom. The van der Waals surface area contributed by atoms with Gasteiger partial charge in [0.25, 0.3) is 0 Å². The first kappa shape index (κ1) is 17.2. The minimum atomic E-state index is -1.26. The minimum absolute atomic E-state index is 0.00562. The molecule has 1 aliphatic rings. The van der Waals surface area contributed by atoms with Crippen LogP contribution in [0.15, 0.2) is 0 Å². The Morgan fingerprint density at radius 2 is 1.81 bits per heavy atom. The largest absolute Gasteiger partial charge is 0.481 e. The van der Waals surface area contributed by atoms with Crippen molar-refractivity contribution in [3.05, 3.63) is 0 Å². The summed E-state index contributed by atoms with van der Waals surface area (Å²) in [4.78, 5) is 35.2. The number of rotatable bonds is 8. The molecule has 2 amide bonds. The molecule has 0 saturated heterocycles. The van der Waals surface area contributed by atoms with E-state index >= 15 is 0 Å². The molecule has 0 bridgehead atoms. The van der Waals surface area contributed by atoms with Crippen molar-refractivity contribution in [2.45, 2.75) is 50.6 Å². The zero-order valence-electron chi connectivity index (χ0n) is 11.8. The molecular weight excluding hydrogens is 280 g/mol. The summed E-state index contributed by atoms with van der Waals surface area (Å²) in [5.41, 5.74) is 0. The summed E-state index contributed by atoms with van der Waals surface area (Å²) < 4.78 is 0. The maximum absolute atomic E-state index is 12.2. The van der Waals surface area contributed by atoms with Gasteiger partial charge in [0.2, 0.25) is 0 Å². The fourth-order valence-corrected chi connectivity index (χ4v) is 2.53. The van der Waals surface area contributed by atoms with Gasteiger partial charge in [-0.3, -0.25) is 4.79 Å². The van der Waals surface area contributed by atoms with Crippen molar-refractivity contribution in [1.82, 2.24) is 10.2 Å². The van der Waals surface area contributed by atoms with Crippen LogP contribution in [-0.2, 0) is 9.59 Å². The van der Waals surface area contributed by atoms with Gasteiger partial charge in [0.15, 0.2) is 0 Å². The molecule has 0 aromatic heterocycles. The van der Waals surface area contributed by atoms with Crippen LogP contribution in [0.5, 0.6) is 0 Å². The third-order valence-corrected chi connectivity index (χ3v) is 3.61. The highest BCUT2D eigenvalue weighted by atomic mass is 16.4. The Morgan fingerprint density at radius 1 is 1.19 bits per heavy atom. The van der Waals surface area contributed by atoms with E-state index in [1.807, 2.05) is 0 Å². The summed E-state index contributed by atoms with van der Waals surface area (Å²) in [6.45, 7) is -0.0570. The van der Waals surface area contributed by atoms with Crippen LogP contribution in [0.25, 0.3) is 0 Å². The number of carbonyl (C=O) groups is 3. The number of carboxylic acid groups (broad SMARTS) is 2. The first-order valence-corrected chi connectivity index (χ1v) is 7.08. The third-order valence-electron chi connectivity index (χ3n) is 3.61. The van der Waals surface area contributed by atoms with Gasteiger partial charge in [-0.2, -0.15) is 0 Å². The number of aliphatic hydroxyl groups excluding tert-OH is 1. The highest BCUT2D eigenvalue weighted by Gasteiger charge is 2.29. The molecular formula is C13H22N2O6. The number of carboxylic acids is 2. The van der Waals surface area contributed by atoms with E-state index in [0.717, 1.165) is 25.7 Å². The van der Waals surface area contributed by atoms with Gasteiger partial charge in [-0.05, 0) is 19.3 Å². The molecule has 1 aliphatic carbocycles. The van der Waals surface area contributed by atoms with Crippen LogP contribution >= 0.6 is 0 Å². The van der Waals surface area contributed by atoms with Gasteiger partial charge in [-0.1, -0.05) is 12.8 Å². The molecule has 0 aromatic rings. The van der Waals surface area contributed by atoms with Gasteiger partial charge in [-0.15, -0.1) is 0 Å². The topological polar surface area (TPSA) is 127 Å². The van der Waals surface area contributed by atoms with E-state index in [2.05, 4.69) is 5.32 Å². The van der Waals surface area contributed by atoms with Crippen LogP contribution < -0.4 is 5.32 Å². The van der Waals surface area contributed by atoms with Crippen molar-refractivity contribution in [1.29, 1.82) is 0 Å². The molecule has 0 aliphatic heterocycles. The Hall–Kier alpha value is -1.83. The van der Waals surface area contributed by atoms with Crippen molar-refractivity contribution in [2.75, 3.05) is 13.2 Å². The zero-order valence-corrected chi connectivity index (χ0v) is 11.8. The van der Waals surface area contributed by atoms with Gasteiger partial charge < -0.3 is 25.5 Å². The molecule has 0 spiro atoms. The molecule has 0 unspecified atom stereocenters. The molecule has 0 aromatic carbocycles. The number of amides is 2. The second-order valence-electron chi connectivity index (χ2n) is 5.13. The second kappa shape index (κ2) is 8.46. The maximum Gasteiger partial charge on any atom is 0.326 e. The summed E-state index contributed by atoms with van der Waals surface area (Å²) in [5.74, 6) is -2.38. The highest BCUT2D eigenvalue weighted by molar-refractivity contribution is 5.83. The van der Waals surface area contributed by atoms with Crippen LogP contribution in [0.1, 0.15) is 38.5 Å². The first-order chi connectivity index (χ1) is 9.95. The van der Waals surface area contributed by atoms with Gasteiger partial charge in [0.05, 0.1) is 6.61 Å². The lowest BCUT2D eigenvalue weighted by Gasteiger charge is -2.29. The van der Waals surface area contributed by atoms with Crippen LogP contribution in [0, 0.1) is 0 Å². The number of aliphatic hydroxyl groups is 1. The summed E-state index contributed by atoms with van der Waals surface area (Å²) >= 11 is 0. The van der Waals surface area contributed by atoms with Crippen LogP contribution in [0.3, 0.4) is 0 Å². The van der Waals surface area contributed by atoms with Gasteiger partial charge in [0, 0.05) is 19.0 Å². The number of hydrogen-bond acceptors (Lipinski definition) is 4. The molecule has 0 heterocycles. The van der Waals surface area contributed by atoms with Crippen molar-refractivity contribution in [2.24, 2.45) is 0 Å². The number of aliphatic carboxylic acids is 2. The summed E-state index contributed by atoms with van der Waals surface area (Å²) in [6.07, 6.45) is 3.16. The molecule has 1 atom stereocenters. The number of hydrogen-bond donors (Lipinski definition) is 4. The maximum atomic E-state index is 12.2. The van der Waals surface area contributed by atoms with E-state index < -0.39 is 24.0 Å². The lowest BCUT2D eigenvalue weighted by Crippen LogP contribution is -2.51. The first-order valence-electron chi connectivity index (χ1n) is 7.08. The molecule has 0 radical (unpaired) electrons. The average Bonchev–Trinajstić information content (AvgIpc) is 2.93. The number of nitrogens with one attached hydrogen (secondary N) is 1. The fourth-order valence-electron chi connectivity index (χ4n) is 2.53. The Labute approximate surface area is 122 Å². The predicted molar refractivity (Wildman–Crippen MR) is 72.9 cm³/mol. The Balaban J connectivity index is 2.63. The van der Waals surface area contributed by atoms with E-state index in [0.29, 0.717) is 0 Å². The second-order valence-corrected chi connectivity index (χ2v) is 5.13.